The van der Waals surface area contributed by atoms with Crippen molar-refractivity contribution >= 4 is 11.8 Å². The van der Waals surface area contributed by atoms with Gasteiger partial charge in [0.15, 0.2) is 0 Å². The van der Waals surface area contributed by atoms with Gasteiger partial charge in [-0.15, -0.1) is 0 Å². The molecule has 1 aliphatic rings. The summed E-state index contributed by atoms with van der Waals surface area (Å²) in [6.07, 6.45) is 3.40. The Bertz CT molecular complexity index is 218. The third kappa shape index (κ3) is 1.48. The molecule has 11 heavy (non-hydrogen) atoms. The highest BCUT2D eigenvalue weighted by molar-refractivity contribution is 6.04. The molecule has 1 heterocycles. The van der Waals surface area contributed by atoms with Crippen molar-refractivity contribution in [1.29, 1.82) is 0 Å². The van der Waals surface area contributed by atoms with Crippen LogP contribution >= 0.6 is 0 Å². The Morgan fingerprint density at radius 2 is 2.09 bits per heavy atom. The molecular formula is C8H11NO2. The zero-order chi connectivity index (χ0) is 8.43. The van der Waals surface area contributed by atoms with Gasteiger partial charge in [-0.25, -0.2) is 0 Å². The van der Waals surface area contributed by atoms with Crippen LogP contribution < -0.4 is 0 Å². The third-order valence-corrected chi connectivity index (χ3v) is 1.58. The topological polar surface area (TPSA) is 37.4 Å². The molecule has 1 aliphatic heterocycles. The molecule has 1 rings (SSSR count). The van der Waals surface area contributed by atoms with Gasteiger partial charge < -0.3 is 0 Å². The van der Waals surface area contributed by atoms with E-state index in [0.717, 1.165) is 0 Å². The summed E-state index contributed by atoms with van der Waals surface area (Å²) in [7, 11) is 0. The molecule has 0 radical (unpaired) electrons. The van der Waals surface area contributed by atoms with Crippen molar-refractivity contribution in [1.82, 2.24) is 4.90 Å². The molecule has 0 saturated heterocycles. The van der Waals surface area contributed by atoms with E-state index >= 15 is 0 Å². The van der Waals surface area contributed by atoms with E-state index in [-0.39, 0.29) is 17.9 Å². The highest BCUT2D eigenvalue weighted by atomic mass is 16.2. The average molecular weight is 153 g/mol. The van der Waals surface area contributed by atoms with Crippen LogP contribution in [0, 0.1) is 0 Å². The number of amides is 2. The summed E-state index contributed by atoms with van der Waals surface area (Å²) >= 11 is 0. The Balaban J connectivity index is 2.83. The van der Waals surface area contributed by atoms with Crippen molar-refractivity contribution in [3.8, 4) is 0 Å². The second-order valence-electron chi connectivity index (χ2n) is 2.80. The van der Waals surface area contributed by atoms with Crippen molar-refractivity contribution in [3.05, 3.63) is 12.2 Å². The second kappa shape index (κ2) is 2.86. The van der Waals surface area contributed by atoms with E-state index in [0.29, 0.717) is 6.42 Å². The first kappa shape index (κ1) is 7.98. The first-order chi connectivity index (χ1) is 5.13. The lowest BCUT2D eigenvalue weighted by atomic mass is 10.2. The molecule has 0 atom stereocenters. The van der Waals surface area contributed by atoms with E-state index in [1.165, 1.54) is 11.0 Å². The number of hydrogen-bond donors (Lipinski definition) is 0. The molecule has 60 valence electrons. The predicted molar refractivity (Wildman–Crippen MR) is 40.7 cm³/mol. The van der Waals surface area contributed by atoms with Crippen molar-refractivity contribution in [3.63, 3.8) is 0 Å². The summed E-state index contributed by atoms with van der Waals surface area (Å²) in [5.41, 5.74) is 0. The van der Waals surface area contributed by atoms with Crippen LogP contribution in [0.1, 0.15) is 20.3 Å². The number of nitrogens with zero attached hydrogens (tertiary/aromatic N) is 1. The SMILES string of the molecule is CC(C)N1C(=O)C=CCC1=O. The maximum Gasteiger partial charge on any atom is 0.253 e. The lowest BCUT2D eigenvalue weighted by molar-refractivity contribution is -0.144. The maximum absolute atomic E-state index is 11.1. The van der Waals surface area contributed by atoms with Crippen molar-refractivity contribution in [2.45, 2.75) is 26.3 Å². The molecule has 0 fully saturated rings. The zero-order valence-electron chi connectivity index (χ0n) is 6.70. The largest absolute Gasteiger partial charge is 0.276 e. The Kier molecular flexibility index (Phi) is 2.08. The maximum atomic E-state index is 11.1. The molecule has 0 aromatic rings. The molecule has 3 nitrogen and oxygen atoms in total. The van der Waals surface area contributed by atoms with Gasteiger partial charge in [0.1, 0.15) is 0 Å². The van der Waals surface area contributed by atoms with E-state index in [2.05, 4.69) is 0 Å². The standard InChI is InChI=1S/C8H11NO2/c1-6(2)9-7(10)4-3-5-8(9)11/h3-4,6H,5H2,1-2H3. The van der Waals surface area contributed by atoms with Gasteiger partial charge in [0.05, 0.1) is 0 Å². The van der Waals surface area contributed by atoms with E-state index in [9.17, 15) is 9.59 Å². The van der Waals surface area contributed by atoms with Gasteiger partial charge in [0, 0.05) is 18.5 Å². The van der Waals surface area contributed by atoms with E-state index in [1.54, 1.807) is 6.08 Å². The van der Waals surface area contributed by atoms with Gasteiger partial charge in [-0.2, -0.15) is 0 Å². The van der Waals surface area contributed by atoms with Crippen LogP contribution in [0.3, 0.4) is 0 Å². The summed E-state index contributed by atoms with van der Waals surface area (Å²) in [5.74, 6) is -0.302. The van der Waals surface area contributed by atoms with Gasteiger partial charge in [0.2, 0.25) is 5.91 Å². The highest BCUT2D eigenvalue weighted by Gasteiger charge is 2.23. The van der Waals surface area contributed by atoms with Crippen molar-refractivity contribution in [2.24, 2.45) is 0 Å². The lowest BCUT2D eigenvalue weighted by Crippen LogP contribution is -2.42. The molecule has 0 aromatic carbocycles. The van der Waals surface area contributed by atoms with Gasteiger partial charge in [-0.05, 0) is 13.8 Å². The summed E-state index contributed by atoms with van der Waals surface area (Å²) in [6.45, 7) is 3.66. The minimum absolute atomic E-state index is 0.0278. The monoisotopic (exact) mass is 153 g/mol. The van der Waals surface area contributed by atoms with E-state index in [1.807, 2.05) is 13.8 Å². The van der Waals surface area contributed by atoms with Crippen LogP contribution in [-0.4, -0.2) is 22.8 Å². The Morgan fingerprint density at radius 3 is 2.45 bits per heavy atom. The number of carbonyl (C=O) groups excluding carboxylic acids is 2. The van der Waals surface area contributed by atoms with Gasteiger partial charge >= 0.3 is 0 Å². The third-order valence-electron chi connectivity index (χ3n) is 1.58. The van der Waals surface area contributed by atoms with Gasteiger partial charge in [-0.1, -0.05) is 6.08 Å². The number of hydrogen-bond acceptors (Lipinski definition) is 2. The Hall–Kier alpha value is -1.12. The first-order valence-electron chi connectivity index (χ1n) is 3.65. The van der Waals surface area contributed by atoms with Crippen molar-refractivity contribution in [2.75, 3.05) is 0 Å². The summed E-state index contributed by atoms with van der Waals surface area (Å²) in [4.78, 5) is 23.4. The van der Waals surface area contributed by atoms with Crippen LogP contribution in [-0.2, 0) is 9.59 Å². The van der Waals surface area contributed by atoms with Crippen LogP contribution in [0.25, 0.3) is 0 Å². The van der Waals surface area contributed by atoms with Crippen LogP contribution in [0.4, 0.5) is 0 Å². The normalized spacial score (nSPS) is 18.3. The molecule has 0 saturated carbocycles. The smallest absolute Gasteiger partial charge is 0.253 e. The van der Waals surface area contributed by atoms with Gasteiger partial charge in [0.25, 0.3) is 5.91 Å². The number of carbonyl (C=O) groups is 2. The van der Waals surface area contributed by atoms with Crippen LogP contribution in [0.15, 0.2) is 12.2 Å². The Morgan fingerprint density at radius 1 is 1.45 bits per heavy atom. The first-order valence-corrected chi connectivity index (χ1v) is 3.65. The molecule has 0 aliphatic carbocycles. The van der Waals surface area contributed by atoms with Crippen LogP contribution in [0.5, 0.6) is 0 Å². The summed E-state index contributed by atoms with van der Waals surface area (Å²) < 4.78 is 0. The highest BCUT2D eigenvalue weighted by Crippen LogP contribution is 2.08. The molecular weight excluding hydrogens is 142 g/mol. The molecule has 0 aromatic heterocycles. The Labute approximate surface area is 65.7 Å². The van der Waals surface area contributed by atoms with Gasteiger partial charge in [-0.3, -0.25) is 14.5 Å². The number of rotatable bonds is 1. The van der Waals surface area contributed by atoms with E-state index < -0.39 is 0 Å². The molecule has 2 amide bonds. The molecule has 0 N–H and O–H groups in total. The molecule has 3 heteroatoms. The fourth-order valence-corrected chi connectivity index (χ4v) is 1.10. The summed E-state index contributed by atoms with van der Waals surface area (Å²) in [6, 6.07) is -0.0278. The number of imide groups is 1. The average Bonchev–Trinajstić information content (AvgIpc) is 1.85. The molecule has 0 unspecified atom stereocenters. The molecule has 0 spiro atoms. The predicted octanol–water partition coefficient (Wildman–Crippen LogP) is 0.710. The quantitative estimate of drug-likeness (QED) is 0.520. The second-order valence-corrected chi connectivity index (χ2v) is 2.80. The zero-order valence-corrected chi connectivity index (χ0v) is 6.70. The minimum Gasteiger partial charge on any atom is -0.276 e. The molecule has 0 bridgehead atoms. The lowest BCUT2D eigenvalue weighted by Gasteiger charge is -2.25. The van der Waals surface area contributed by atoms with Crippen LogP contribution in [0.2, 0.25) is 0 Å². The minimum atomic E-state index is -0.198. The fourth-order valence-electron chi connectivity index (χ4n) is 1.10. The van der Waals surface area contributed by atoms with E-state index in [4.69, 9.17) is 0 Å². The van der Waals surface area contributed by atoms with Crippen molar-refractivity contribution < 1.29 is 9.59 Å². The summed E-state index contributed by atoms with van der Waals surface area (Å²) in [5, 5.41) is 0. The fraction of sp³-hybridized carbons (Fsp3) is 0.500.